The molecule has 1 nitrogen and oxygen atoms in total. The highest BCUT2D eigenvalue weighted by Crippen LogP contribution is 2.18. The highest BCUT2D eigenvalue weighted by Gasteiger charge is 2.08. The summed E-state index contributed by atoms with van der Waals surface area (Å²) in [5.74, 6) is -0.528. The van der Waals surface area contributed by atoms with Crippen LogP contribution in [0.1, 0.15) is 5.56 Å². The van der Waals surface area contributed by atoms with E-state index >= 15 is 0 Å². The largest absolute Gasteiger partial charge is 0.205 e. The molecule has 74 valence electrons. The third kappa shape index (κ3) is 2.97. The Morgan fingerprint density at radius 3 is 2.79 bits per heavy atom. The fourth-order valence-electron chi connectivity index (χ4n) is 1.09. The van der Waals surface area contributed by atoms with Gasteiger partial charge in [0.2, 0.25) is 0 Å². The monoisotopic (exact) mass is 275 g/mol. The summed E-state index contributed by atoms with van der Waals surface area (Å²) in [6, 6.07) is 6.68. The summed E-state index contributed by atoms with van der Waals surface area (Å²) in [5, 5.41) is 9.44. The van der Waals surface area contributed by atoms with Crippen LogP contribution in [0.25, 0.3) is 0 Å². The van der Waals surface area contributed by atoms with Crippen molar-refractivity contribution in [3.05, 3.63) is 34.6 Å². The molecule has 1 aromatic carbocycles. The van der Waals surface area contributed by atoms with Crippen LogP contribution >= 0.6 is 27.5 Å². The molecule has 0 amide bonds. The smallest absolute Gasteiger partial charge is 0.141 e. The van der Waals surface area contributed by atoms with E-state index < -0.39 is 5.82 Å². The number of alkyl halides is 1. The summed E-state index contributed by atoms with van der Waals surface area (Å²) >= 11 is 8.85. The maximum absolute atomic E-state index is 12.8. The van der Waals surface area contributed by atoms with Gasteiger partial charge in [-0.2, -0.15) is 5.26 Å². The van der Waals surface area contributed by atoms with Crippen LogP contribution in [0.5, 0.6) is 0 Å². The highest BCUT2D eigenvalue weighted by atomic mass is 79.9. The Hall–Kier alpha value is -0.590. The van der Waals surface area contributed by atoms with E-state index in [1.807, 2.05) is 0 Å². The number of halogens is 3. The lowest BCUT2D eigenvalue weighted by Crippen LogP contribution is -2.03. The zero-order valence-electron chi connectivity index (χ0n) is 7.30. The van der Waals surface area contributed by atoms with Gasteiger partial charge in [0.1, 0.15) is 5.82 Å². The summed E-state index contributed by atoms with van der Waals surface area (Å²) in [5.41, 5.74) is 0.877. The van der Waals surface area contributed by atoms with E-state index in [0.717, 1.165) is 5.56 Å². The van der Waals surface area contributed by atoms with Crippen molar-refractivity contribution >= 4 is 27.5 Å². The van der Waals surface area contributed by atoms with E-state index in [-0.39, 0.29) is 10.9 Å². The van der Waals surface area contributed by atoms with Gasteiger partial charge in [-0.25, -0.2) is 4.39 Å². The number of nitriles is 1. The first kappa shape index (κ1) is 11.5. The molecule has 0 bridgehead atoms. The lowest BCUT2D eigenvalue weighted by molar-refractivity contribution is 0.626. The molecule has 0 radical (unpaired) electrons. The highest BCUT2D eigenvalue weighted by molar-refractivity contribution is 9.09. The minimum Gasteiger partial charge on any atom is -0.205 e. The van der Waals surface area contributed by atoms with Gasteiger partial charge in [0.25, 0.3) is 0 Å². The first-order valence-corrected chi connectivity index (χ1v) is 5.57. The lowest BCUT2D eigenvalue weighted by atomic mass is 10.0. The number of rotatable bonds is 3. The summed E-state index contributed by atoms with van der Waals surface area (Å²) < 4.78 is 12.8. The van der Waals surface area contributed by atoms with Crippen LogP contribution in [0.15, 0.2) is 18.2 Å². The molecule has 0 saturated carbocycles. The number of hydrogen-bond donors (Lipinski definition) is 0. The average Bonchev–Trinajstić information content (AvgIpc) is 2.19. The molecule has 4 heteroatoms. The predicted octanol–water partition coefficient (Wildman–Crippen LogP) is 3.56. The quantitative estimate of drug-likeness (QED) is 0.775. The van der Waals surface area contributed by atoms with Crippen molar-refractivity contribution < 1.29 is 4.39 Å². The van der Waals surface area contributed by atoms with Crippen LogP contribution in [0.2, 0.25) is 5.02 Å². The van der Waals surface area contributed by atoms with E-state index in [1.54, 1.807) is 12.1 Å². The van der Waals surface area contributed by atoms with E-state index in [1.165, 1.54) is 6.07 Å². The average molecular weight is 277 g/mol. The SMILES string of the molecule is N#CC(CBr)Cc1ccc(F)c(Cl)c1. The lowest BCUT2D eigenvalue weighted by Gasteiger charge is -2.05. The van der Waals surface area contributed by atoms with Gasteiger partial charge in [0.05, 0.1) is 17.0 Å². The van der Waals surface area contributed by atoms with Gasteiger partial charge in [0.15, 0.2) is 0 Å². The second kappa shape index (κ2) is 5.33. The predicted molar refractivity (Wildman–Crippen MR) is 58.0 cm³/mol. The zero-order chi connectivity index (χ0) is 10.6. The summed E-state index contributed by atoms with van der Waals surface area (Å²) in [4.78, 5) is 0. The van der Waals surface area contributed by atoms with Gasteiger partial charge in [-0.15, -0.1) is 0 Å². The Morgan fingerprint density at radius 2 is 2.29 bits per heavy atom. The molecule has 1 atom stereocenters. The van der Waals surface area contributed by atoms with Crippen molar-refractivity contribution in [2.24, 2.45) is 5.92 Å². The number of hydrogen-bond acceptors (Lipinski definition) is 1. The molecule has 0 aliphatic rings. The molecule has 0 N–H and O–H groups in total. The van der Waals surface area contributed by atoms with Crippen molar-refractivity contribution in [3.63, 3.8) is 0 Å². The Labute approximate surface area is 95.6 Å². The normalized spacial score (nSPS) is 12.1. The van der Waals surface area contributed by atoms with E-state index in [4.69, 9.17) is 16.9 Å². The van der Waals surface area contributed by atoms with Gasteiger partial charge >= 0.3 is 0 Å². The molecule has 0 aliphatic heterocycles. The van der Waals surface area contributed by atoms with Crippen molar-refractivity contribution in [1.29, 1.82) is 5.26 Å². The van der Waals surface area contributed by atoms with Gasteiger partial charge < -0.3 is 0 Å². The van der Waals surface area contributed by atoms with E-state index in [2.05, 4.69) is 22.0 Å². The molecule has 1 rings (SSSR count). The Kier molecular flexibility index (Phi) is 4.37. The third-order valence-electron chi connectivity index (χ3n) is 1.83. The van der Waals surface area contributed by atoms with E-state index in [9.17, 15) is 4.39 Å². The van der Waals surface area contributed by atoms with Crippen LogP contribution < -0.4 is 0 Å². The zero-order valence-corrected chi connectivity index (χ0v) is 9.65. The fraction of sp³-hybridized carbons (Fsp3) is 0.300. The van der Waals surface area contributed by atoms with Crippen molar-refractivity contribution in [3.8, 4) is 6.07 Å². The fourth-order valence-corrected chi connectivity index (χ4v) is 1.66. The molecular formula is C10H8BrClFN. The summed E-state index contributed by atoms with van der Waals surface area (Å²) in [7, 11) is 0. The minimum atomic E-state index is -0.428. The molecule has 0 spiro atoms. The van der Waals surface area contributed by atoms with Crippen LogP contribution in [0.4, 0.5) is 4.39 Å². The first-order chi connectivity index (χ1) is 6.67. The molecular weight excluding hydrogens is 268 g/mol. The molecule has 0 aliphatic carbocycles. The molecule has 0 fully saturated rings. The van der Waals surface area contributed by atoms with Crippen molar-refractivity contribution in [1.82, 2.24) is 0 Å². The Bertz CT molecular complexity index is 362. The second-order valence-electron chi connectivity index (χ2n) is 2.93. The van der Waals surface area contributed by atoms with Gasteiger partial charge in [-0.05, 0) is 24.1 Å². The third-order valence-corrected chi connectivity index (χ3v) is 2.91. The van der Waals surface area contributed by atoms with Crippen molar-refractivity contribution in [2.45, 2.75) is 6.42 Å². The topological polar surface area (TPSA) is 23.8 Å². The van der Waals surface area contributed by atoms with Crippen LogP contribution in [-0.2, 0) is 6.42 Å². The van der Waals surface area contributed by atoms with Crippen molar-refractivity contribution in [2.75, 3.05) is 5.33 Å². The first-order valence-electron chi connectivity index (χ1n) is 4.07. The standard InChI is InChI=1S/C10H8BrClFN/c11-5-8(6-14)3-7-1-2-10(13)9(12)4-7/h1-2,4,8H,3,5H2. The molecule has 1 aromatic rings. The second-order valence-corrected chi connectivity index (χ2v) is 3.99. The molecule has 0 heterocycles. The van der Waals surface area contributed by atoms with Crippen LogP contribution in [0, 0.1) is 23.1 Å². The van der Waals surface area contributed by atoms with Crippen LogP contribution in [0.3, 0.4) is 0 Å². The van der Waals surface area contributed by atoms with E-state index in [0.29, 0.717) is 11.8 Å². The molecule has 14 heavy (non-hydrogen) atoms. The molecule has 1 unspecified atom stereocenters. The molecule has 0 aromatic heterocycles. The maximum Gasteiger partial charge on any atom is 0.141 e. The summed E-state index contributed by atoms with van der Waals surface area (Å²) in [6.07, 6.45) is 0.585. The van der Waals surface area contributed by atoms with Crippen LogP contribution in [-0.4, -0.2) is 5.33 Å². The maximum atomic E-state index is 12.8. The van der Waals surface area contributed by atoms with Gasteiger partial charge in [-0.3, -0.25) is 0 Å². The number of benzene rings is 1. The molecule has 0 saturated heterocycles. The Morgan fingerprint density at radius 1 is 1.57 bits per heavy atom. The minimum absolute atomic E-state index is 0.100. The van der Waals surface area contributed by atoms with Gasteiger partial charge in [-0.1, -0.05) is 33.6 Å². The number of nitrogens with zero attached hydrogens (tertiary/aromatic N) is 1. The summed E-state index contributed by atoms with van der Waals surface area (Å²) in [6.45, 7) is 0. The Balaban J connectivity index is 2.78. The van der Waals surface area contributed by atoms with Gasteiger partial charge in [0, 0.05) is 5.33 Å².